The van der Waals surface area contributed by atoms with E-state index in [0.717, 1.165) is 12.0 Å². The molecule has 2 aromatic rings. The molecule has 0 aliphatic carbocycles. The highest BCUT2D eigenvalue weighted by atomic mass is 16.2. The summed E-state index contributed by atoms with van der Waals surface area (Å²) < 4.78 is 0. The molecule has 150 valence electrons. The van der Waals surface area contributed by atoms with Gasteiger partial charge in [-0.05, 0) is 48.1 Å². The summed E-state index contributed by atoms with van der Waals surface area (Å²) in [7, 11) is 3.48. The minimum atomic E-state index is -0.0153. The van der Waals surface area contributed by atoms with Gasteiger partial charge in [0.25, 0.3) is 5.91 Å². The predicted molar refractivity (Wildman–Crippen MR) is 114 cm³/mol. The van der Waals surface area contributed by atoms with Crippen molar-refractivity contribution in [3.63, 3.8) is 0 Å². The van der Waals surface area contributed by atoms with E-state index in [2.05, 4.69) is 38.1 Å². The number of aryl methyl sites for hydroxylation is 1. The van der Waals surface area contributed by atoms with Crippen molar-refractivity contribution < 1.29 is 9.59 Å². The summed E-state index contributed by atoms with van der Waals surface area (Å²) in [5.41, 5.74) is 4.21. The molecule has 0 heterocycles. The zero-order valence-electron chi connectivity index (χ0n) is 17.7. The molecule has 2 amide bonds. The molecule has 0 aliphatic rings. The molecular weight excluding hydrogens is 348 g/mol. The van der Waals surface area contributed by atoms with E-state index in [1.54, 1.807) is 19.0 Å². The van der Waals surface area contributed by atoms with Crippen LogP contribution in [0.4, 0.5) is 0 Å². The minimum Gasteiger partial charge on any atom is -0.345 e. The highest BCUT2D eigenvalue weighted by Gasteiger charge is 2.13. The van der Waals surface area contributed by atoms with Crippen LogP contribution in [0.15, 0.2) is 48.5 Å². The Morgan fingerprint density at radius 1 is 0.893 bits per heavy atom. The second kappa shape index (κ2) is 10.1. The first-order valence-corrected chi connectivity index (χ1v) is 9.99. The largest absolute Gasteiger partial charge is 0.345 e. The predicted octanol–water partition coefficient (Wildman–Crippen LogP) is 4.49. The summed E-state index contributed by atoms with van der Waals surface area (Å²) in [6, 6.07) is 16.1. The number of amides is 2. The Kier molecular flexibility index (Phi) is 7.80. The lowest BCUT2D eigenvalue weighted by atomic mass is 10.00. The third-order valence-electron chi connectivity index (χ3n) is 4.99. The number of carbonyl (C=O) groups excluding carboxylic acids is 2. The Hall–Kier alpha value is -2.62. The van der Waals surface area contributed by atoms with Crippen LogP contribution in [0.3, 0.4) is 0 Å². The summed E-state index contributed by atoms with van der Waals surface area (Å²) in [5.74, 6) is 0.660. The molecule has 0 aliphatic heterocycles. The topological polar surface area (TPSA) is 40.6 Å². The summed E-state index contributed by atoms with van der Waals surface area (Å²) >= 11 is 0. The smallest absolute Gasteiger partial charge is 0.253 e. The quantitative estimate of drug-likeness (QED) is 0.677. The van der Waals surface area contributed by atoms with Gasteiger partial charge in [-0.15, -0.1) is 0 Å². The molecule has 2 rings (SSSR count). The minimum absolute atomic E-state index is 0.0153. The number of carbonyl (C=O) groups is 2. The second-order valence-electron chi connectivity index (χ2n) is 7.70. The van der Waals surface area contributed by atoms with Crippen molar-refractivity contribution in [1.82, 2.24) is 9.80 Å². The first kappa shape index (κ1) is 21.7. The lowest BCUT2D eigenvalue weighted by Gasteiger charge is -2.21. The monoisotopic (exact) mass is 380 g/mol. The van der Waals surface area contributed by atoms with Crippen LogP contribution in [0.5, 0.6) is 0 Å². The van der Waals surface area contributed by atoms with Gasteiger partial charge >= 0.3 is 0 Å². The molecular formula is C24H32N2O2. The Labute approximate surface area is 169 Å². The van der Waals surface area contributed by atoms with Crippen molar-refractivity contribution in [3.05, 3.63) is 70.8 Å². The molecule has 0 unspecified atom stereocenters. The molecule has 4 nitrogen and oxygen atoms in total. The number of hydrogen-bond donors (Lipinski definition) is 0. The van der Waals surface area contributed by atoms with Crippen LogP contribution < -0.4 is 0 Å². The first-order chi connectivity index (χ1) is 13.3. The van der Waals surface area contributed by atoms with E-state index >= 15 is 0 Å². The van der Waals surface area contributed by atoms with Gasteiger partial charge in [-0.25, -0.2) is 0 Å². The molecule has 28 heavy (non-hydrogen) atoms. The van der Waals surface area contributed by atoms with Gasteiger partial charge < -0.3 is 9.80 Å². The van der Waals surface area contributed by atoms with Crippen LogP contribution in [-0.2, 0) is 17.8 Å². The zero-order chi connectivity index (χ0) is 20.7. The summed E-state index contributed by atoms with van der Waals surface area (Å²) in [6.45, 7) is 7.60. The van der Waals surface area contributed by atoms with Gasteiger partial charge in [-0.3, -0.25) is 9.59 Å². The Balaban J connectivity index is 1.93. The van der Waals surface area contributed by atoms with Crippen LogP contribution >= 0.6 is 0 Å². The highest BCUT2D eigenvalue weighted by Crippen LogP contribution is 2.16. The van der Waals surface area contributed by atoms with Crippen LogP contribution in [0.1, 0.15) is 60.2 Å². The van der Waals surface area contributed by atoms with Crippen molar-refractivity contribution in [2.45, 2.75) is 46.1 Å². The summed E-state index contributed by atoms with van der Waals surface area (Å²) in [6.07, 6.45) is 1.26. The number of rotatable bonds is 8. The fourth-order valence-corrected chi connectivity index (χ4v) is 3.09. The van der Waals surface area contributed by atoms with Crippen LogP contribution in [0.25, 0.3) is 0 Å². The maximum absolute atomic E-state index is 12.7. The molecule has 0 bridgehead atoms. The van der Waals surface area contributed by atoms with Crippen LogP contribution in [-0.4, -0.2) is 42.3 Å². The Bertz CT molecular complexity index is 777. The molecule has 0 aromatic heterocycles. The zero-order valence-corrected chi connectivity index (χ0v) is 17.7. The lowest BCUT2D eigenvalue weighted by molar-refractivity contribution is -0.131. The third kappa shape index (κ3) is 5.95. The van der Waals surface area contributed by atoms with E-state index < -0.39 is 0 Å². The molecule has 2 aromatic carbocycles. The van der Waals surface area contributed by atoms with E-state index in [4.69, 9.17) is 0 Å². The first-order valence-electron chi connectivity index (χ1n) is 9.99. The van der Waals surface area contributed by atoms with Gasteiger partial charge in [0.05, 0.1) is 0 Å². The van der Waals surface area contributed by atoms with Crippen molar-refractivity contribution in [2.75, 3.05) is 20.6 Å². The van der Waals surface area contributed by atoms with E-state index in [1.165, 1.54) is 11.1 Å². The summed E-state index contributed by atoms with van der Waals surface area (Å²) in [4.78, 5) is 28.1. The molecule has 0 saturated heterocycles. The lowest BCUT2D eigenvalue weighted by Crippen LogP contribution is -2.30. The van der Waals surface area contributed by atoms with Gasteiger partial charge in [0, 0.05) is 39.2 Å². The number of benzene rings is 2. The normalized spacial score (nSPS) is 10.8. The molecule has 0 atom stereocenters. The number of hydrogen-bond acceptors (Lipinski definition) is 2. The van der Waals surface area contributed by atoms with Crippen molar-refractivity contribution in [3.8, 4) is 0 Å². The van der Waals surface area contributed by atoms with Gasteiger partial charge in [-0.2, -0.15) is 0 Å². The fraction of sp³-hybridized carbons (Fsp3) is 0.417. The van der Waals surface area contributed by atoms with Crippen LogP contribution in [0.2, 0.25) is 0 Å². The van der Waals surface area contributed by atoms with Gasteiger partial charge in [-0.1, -0.05) is 50.2 Å². The second-order valence-corrected chi connectivity index (χ2v) is 7.70. The highest BCUT2D eigenvalue weighted by molar-refractivity contribution is 5.93. The SMILES string of the molecule is CCN(Cc1ccc(C(=O)N(C)C)cc1)C(=O)CCc1ccc(C(C)C)cc1. The standard InChI is InChI=1S/C24H32N2O2/c1-6-26(17-20-9-14-22(15-10-20)24(28)25(4)5)23(27)16-11-19-7-12-21(13-8-19)18(2)3/h7-10,12-15,18H,6,11,16-17H2,1-5H3. The van der Waals surface area contributed by atoms with Gasteiger partial charge in [0.15, 0.2) is 0 Å². The fourth-order valence-electron chi connectivity index (χ4n) is 3.09. The number of nitrogens with zero attached hydrogens (tertiary/aromatic N) is 2. The molecule has 0 spiro atoms. The molecule has 0 saturated carbocycles. The van der Waals surface area contributed by atoms with E-state index in [9.17, 15) is 9.59 Å². The van der Waals surface area contributed by atoms with E-state index in [1.807, 2.05) is 36.1 Å². The van der Waals surface area contributed by atoms with Gasteiger partial charge in [0.2, 0.25) is 5.91 Å². The molecule has 0 N–H and O–H groups in total. The molecule has 4 heteroatoms. The third-order valence-corrected chi connectivity index (χ3v) is 4.99. The van der Waals surface area contributed by atoms with Crippen molar-refractivity contribution in [1.29, 1.82) is 0 Å². The van der Waals surface area contributed by atoms with Crippen molar-refractivity contribution >= 4 is 11.8 Å². The maximum Gasteiger partial charge on any atom is 0.253 e. The van der Waals surface area contributed by atoms with E-state index in [0.29, 0.717) is 31.0 Å². The Morgan fingerprint density at radius 2 is 1.46 bits per heavy atom. The molecule has 0 fully saturated rings. The molecule has 0 radical (unpaired) electrons. The van der Waals surface area contributed by atoms with Gasteiger partial charge in [0.1, 0.15) is 0 Å². The average Bonchev–Trinajstić information content (AvgIpc) is 2.70. The average molecular weight is 381 g/mol. The van der Waals surface area contributed by atoms with E-state index in [-0.39, 0.29) is 11.8 Å². The van der Waals surface area contributed by atoms with Crippen molar-refractivity contribution in [2.24, 2.45) is 0 Å². The van der Waals surface area contributed by atoms with Crippen LogP contribution in [0, 0.1) is 0 Å². The maximum atomic E-state index is 12.7. The summed E-state index contributed by atoms with van der Waals surface area (Å²) in [5, 5.41) is 0. The Morgan fingerprint density at radius 3 is 1.96 bits per heavy atom.